The van der Waals surface area contributed by atoms with Crippen LogP contribution in [0.1, 0.15) is 29.9 Å². The second kappa shape index (κ2) is 7.03. The van der Waals surface area contributed by atoms with E-state index < -0.39 is 0 Å². The summed E-state index contributed by atoms with van der Waals surface area (Å²) in [6, 6.07) is 15.3. The molecule has 1 aromatic heterocycles. The van der Waals surface area contributed by atoms with Crippen molar-refractivity contribution in [3.8, 4) is 17.4 Å². The highest BCUT2D eigenvalue weighted by Gasteiger charge is 2.25. The van der Waals surface area contributed by atoms with Gasteiger partial charge in [0.25, 0.3) is 5.91 Å². The van der Waals surface area contributed by atoms with Crippen LogP contribution in [0.3, 0.4) is 0 Å². The van der Waals surface area contributed by atoms with Gasteiger partial charge in [0.05, 0.1) is 7.11 Å². The van der Waals surface area contributed by atoms with Gasteiger partial charge in [0, 0.05) is 17.3 Å². The molecule has 2 aromatic carbocycles. The predicted molar refractivity (Wildman–Crippen MR) is 106 cm³/mol. The minimum atomic E-state index is -0.294. The third kappa shape index (κ3) is 3.33. The van der Waals surface area contributed by atoms with E-state index in [1.54, 1.807) is 13.2 Å². The molecule has 0 saturated carbocycles. The van der Waals surface area contributed by atoms with Crippen LogP contribution >= 0.6 is 0 Å². The Labute approximate surface area is 163 Å². The minimum Gasteiger partial charge on any atom is -0.481 e. The van der Waals surface area contributed by atoms with E-state index >= 15 is 0 Å². The van der Waals surface area contributed by atoms with Crippen LogP contribution in [-0.2, 0) is 5.41 Å². The van der Waals surface area contributed by atoms with E-state index in [1.165, 1.54) is 0 Å². The van der Waals surface area contributed by atoms with E-state index in [1.807, 2.05) is 42.5 Å². The Morgan fingerprint density at radius 3 is 2.75 bits per heavy atom. The van der Waals surface area contributed by atoms with Crippen LogP contribution in [0.2, 0.25) is 0 Å². The van der Waals surface area contributed by atoms with Crippen molar-refractivity contribution in [3.63, 3.8) is 0 Å². The minimum absolute atomic E-state index is 0.238. The quantitative estimate of drug-likeness (QED) is 0.733. The van der Waals surface area contributed by atoms with Gasteiger partial charge in [-0.05, 0) is 35.2 Å². The third-order valence-electron chi connectivity index (χ3n) is 4.98. The lowest BCUT2D eigenvalue weighted by atomic mass is 9.84. The van der Waals surface area contributed by atoms with Gasteiger partial charge in [0.15, 0.2) is 11.5 Å². The second-order valence-electron chi connectivity index (χ2n) is 7.37. The molecule has 1 amide bonds. The van der Waals surface area contributed by atoms with Crippen LogP contribution in [0.5, 0.6) is 17.4 Å². The van der Waals surface area contributed by atoms with Crippen LogP contribution in [0.15, 0.2) is 48.5 Å². The number of nitrogens with one attached hydrogen (secondary N) is 1. The molecule has 3 aromatic rings. The Kier molecular flexibility index (Phi) is 4.55. The lowest BCUT2D eigenvalue weighted by Gasteiger charge is -2.26. The van der Waals surface area contributed by atoms with Gasteiger partial charge in [-0.25, -0.2) is 4.98 Å². The molecule has 0 unspecified atom stereocenters. The summed E-state index contributed by atoms with van der Waals surface area (Å²) in [5.74, 6) is 1.69. The second-order valence-corrected chi connectivity index (χ2v) is 7.37. The average molecular weight is 378 g/mol. The smallest absolute Gasteiger partial charge is 0.270 e. The van der Waals surface area contributed by atoms with Crippen molar-refractivity contribution in [2.45, 2.75) is 19.3 Å². The summed E-state index contributed by atoms with van der Waals surface area (Å²) in [6.45, 7) is 4.83. The van der Waals surface area contributed by atoms with Crippen molar-refractivity contribution >= 4 is 16.7 Å². The van der Waals surface area contributed by atoms with Gasteiger partial charge in [0.2, 0.25) is 12.7 Å². The summed E-state index contributed by atoms with van der Waals surface area (Å²) in [5, 5.41) is 4.78. The first kappa shape index (κ1) is 18.1. The van der Waals surface area contributed by atoms with Crippen LogP contribution in [0.25, 0.3) is 10.8 Å². The Bertz CT molecular complexity index is 1050. The molecule has 1 aliphatic rings. The first-order valence-electron chi connectivity index (χ1n) is 9.10. The van der Waals surface area contributed by atoms with Gasteiger partial charge >= 0.3 is 0 Å². The van der Waals surface area contributed by atoms with Crippen molar-refractivity contribution in [1.82, 2.24) is 10.3 Å². The van der Waals surface area contributed by atoms with Crippen molar-refractivity contribution in [2.75, 3.05) is 20.4 Å². The van der Waals surface area contributed by atoms with Crippen molar-refractivity contribution < 1.29 is 19.0 Å². The number of hydrogen-bond acceptors (Lipinski definition) is 5. The van der Waals surface area contributed by atoms with E-state index in [2.05, 4.69) is 24.1 Å². The maximum Gasteiger partial charge on any atom is 0.270 e. The number of fused-ring (bicyclic) bond motifs is 2. The first-order valence-corrected chi connectivity index (χ1v) is 9.10. The molecule has 0 spiro atoms. The topological polar surface area (TPSA) is 69.7 Å². The molecule has 0 atom stereocenters. The summed E-state index contributed by atoms with van der Waals surface area (Å²) in [4.78, 5) is 17.1. The number of aromatic nitrogens is 1. The number of pyridine rings is 1. The van der Waals surface area contributed by atoms with Crippen molar-refractivity contribution in [1.29, 1.82) is 0 Å². The molecule has 1 aliphatic heterocycles. The number of carbonyl (C=O) groups is 1. The molecule has 0 fully saturated rings. The largest absolute Gasteiger partial charge is 0.481 e. The fourth-order valence-electron chi connectivity index (χ4n) is 3.25. The lowest BCUT2D eigenvalue weighted by Crippen LogP contribution is -2.37. The van der Waals surface area contributed by atoms with Gasteiger partial charge < -0.3 is 19.5 Å². The predicted octanol–water partition coefficient (Wildman–Crippen LogP) is 3.68. The molecule has 0 saturated heterocycles. The van der Waals surface area contributed by atoms with E-state index in [9.17, 15) is 4.79 Å². The van der Waals surface area contributed by atoms with Crippen LogP contribution < -0.4 is 19.5 Å². The maximum atomic E-state index is 12.7. The number of rotatable bonds is 5. The first-order chi connectivity index (χ1) is 13.5. The molecular weight excluding hydrogens is 356 g/mol. The zero-order valence-corrected chi connectivity index (χ0v) is 16.1. The fourth-order valence-corrected chi connectivity index (χ4v) is 3.25. The summed E-state index contributed by atoms with van der Waals surface area (Å²) < 4.78 is 16.2. The molecule has 2 heterocycles. The Morgan fingerprint density at radius 2 is 1.93 bits per heavy atom. The summed E-state index contributed by atoms with van der Waals surface area (Å²) in [7, 11) is 1.55. The molecule has 0 bridgehead atoms. The number of methoxy groups -OCH3 is 1. The van der Waals surface area contributed by atoms with E-state index in [-0.39, 0.29) is 18.1 Å². The van der Waals surface area contributed by atoms with Gasteiger partial charge in [-0.1, -0.05) is 38.1 Å². The summed E-state index contributed by atoms with van der Waals surface area (Å²) >= 11 is 0. The van der Waals surface area contributed by atoms with E-state index in [0.29, 0.717) is 18.1 Å². The number of nitrogens with zero attached hydrogens (tertiary/aromatic N) is 1. The molecule has 6 nitrogen and oxygen atoms in total. The number of amides is 1. The summed E-state index contributed by atoms with van der Waals surface area (Å²) in [6.07, 6.45) is 0. The highest BCUT2D eigenvalue weighted by atomic mass is 16.7. The zero-order valence-electron chi connectivity index (χ0n) is 16.1. The number of carbonyl (C=O) groups excluding carboxylic acids is 1. The molecule has 4 rings (SSSR count). The third-order valence-corrected chi connectivity index (χ3v) is 4.98. The van der Waals surface area contributed by atoms with Crippen LogP contribution in [0, 0.1) is 0 Å². The normalized spacial score (nSPS) is 12.8. The van der Waals surface area contributed by atoms with Gasteiger partial charge in [-0.15, -0.1) is 0 Å². The van der Waals surface area contributed by atoms with Gasteiger partial charge in [0.1, 0.15) is 5.69 Å². The number of hydrogen-bond donors (Lipinski definition) is 1. The monoisotopic (exact) mass is 378 g/mol. The van der Waals surface area contributed by atoms with Crippen LogP contribution in [-0.4, -0.2) is 31.3 Å². The molecule has 28 heavy (non-hydrogen) atoms. The highest BCUT2D eigenvalue weighted by Crippen LogP contribution is 2.36. The Hall–Kier alpha value is -3.28. The molecule has 0 radical (unpaired) electrons. The Balaban J connectivity index is 1.53. The fraction of sp³-hybridized carbons (Fsp3) is 0.273. The van der Waals surface area contributed by atoms with Crippen molar-refractivity contribution in [2.24, 2.45) is 0 Å². The SMILES string of the molecule is COc1nc(C(=O)NCC(C)(C)c2ccc3c(c2)OCO3)cc2ccccc12. The molecule has 1 N–H and O–H groups in total. The van der Waals surface area contributed by atoms with E-state index in [4.69, 9.17) is 14.2 Å². The van der Waals surface area contributed by atoms with Gasteiger partial charge in [-0.2, -0.15) is 0 Å². The molecule has 144 valence electrons. The van der Waals surface area contributed by atoms with Crippen LogP contribution in [0.4, 0.5) is 0 Å². The molecule has 6 heteroatoms. The lowest BCUT2D eigenvalue weighted by molar-refractivity contribution is 0.0940. The number of ether oxygens (including phenoxy) is 3. The zero-order chi connectivity index (χ0) is 19.7. The maximum absolute atomic E-state index is 12.7. The standard InChI is InChI=1S/C22H22N2O4/c1-22(2,15-8-9-18-19(11-15)28-13-27-18)12-23-20(25)17-10-14-6-4-5-7-16(14)21(24-17)26-3/h4-11H,12-13H2,1-3H3,(H,23,25). The van der Waals surface area contributed by atoms with Crippen molar-refractivity contribution in [3.05, 3.63) is 59.8 Å². The highest BCUT2D eigenvalue weighted by molar-refractivity contribution is 5.98. The molecular formula is C22H22N2O4. The van der Waals surface area contributed by atoms with Gasteiger partial charge in [-0.3, -0.25) is 4.79 Å². The molecule has 0 aliphatic carbocycles. The number of benzene rings is 2. The average Bonchev–Trinajstić information content (AvgIpc) is 3.19. The Morgan fingerprint density at radius 1 is 1.14 bits per heavy atom. The van der Waals surface area contributed by atoms with E-state index in [0.717, 1.165) is 27.8 Å². The summed E-state index contributed by atoms with van der Waals surface area (Å²) in [5.41, 5.74) is 1.09.